The summed E-state index contributed by atoms with van der Waals surface area (Å²) in [7, 11) is -1.51. The first-order valence-electron chi connectivity index (χ1n) is 5.21. The number of ether oxygens (including phenoxy) is 1. The molecule has 90 valence electrons. The van der Waals surface area contributed by atoms with E-state index in [1.165, 1.54) is 4.31 Å². The predicted octanol–water partition coefficient (Wildman–Crippen LogP) is -0.355. The van der Waals surface area contributed by atoms with Crippen LogP contribution in [0.3, 0.4) is 0 Å². The van der Waals surface area contributed by atoms with Gasteiger partial charge < -0.3 is 10.1 Å². The lowest BCUT2D eigenvalue weighted by molar-refractivity contribution is 0.0904. The first-order chi connectivity index (χ1) is 6.93. The Bertz CT molecular complexity index is 286. The van der Waals surface area contributed by atoms with Gasteiger partial charge in [-0.15, -0.1) is 0 Å². The third kappa shape index (κ3) is 3.71. The highest BCUT2D eigenvalue weighted by Crippen LogP contribution is 2.08. The van der Waals surface area contributed by atoms with Crippen LogP contribution in [0, 0.1) is 0 Å². The van der Waals surface area contributed by atoms with Crippen LogP contribution in [0.1, 0.15) is 13.8 Å². The van der Waals surface area contributed by atoms with E-state index in [0.717, 1.165) is 13.1 Å². The molecule has 0 aromatic heterocycles. The molecule has 0 spiro atoms. The predicted molar refractivity (Wildman–Crippen MR) is 59.3 cm³/mol. The van der Waals surface area contributed by atoms with Crippen LogP contribution in [-0.2, 0) is 14.8 Å². The molecule has 0 aromatic rings. The van der Waals surface area contributed by atoms with Gasteiger partial charge in [0, 0.05) is 26.2 Å². The molecule has 0 aromatic carbocycles. The maximum atomic E-state index is 11.8. The van der Waals surface area contributed by atoms with Crippen molar-refractivity contribution in [3.8, 4) is 0 Å². The molecule has 1 rings (SSSR count). The van der Waals surface area contributed by atoms with Gasteiger partial charge in [-0.25, -0.2) is 8.42 Å². The van der Waals surface area contributed by atoms with Gasteiger partial charge in [0.2, 0.25) is 10.0 Å². The van der Waals surface area contributed by atoms with Gasteiger partial charge >= 0.3 is 0 Å². The van der Waals surface area contributed by atoms with Crippen LogP contribution in [0.15, 0.2) is 0 Å². The molecule has 0 unspecified atom stereocenters. The van der Waals surface area contributed by atoms with Crippen LogP contribution in [0.5, 0.6) is 0 Å². The minimum absolute atomic E-state index is 0.0676. The van der Waals surface area contributed by atoms with Crippen molar-refractivity contribution in [2.24, 2.45) is 0 Å². The van der Waals surface area contributed by atoms with E-state index in [2.05, 4.69) is 5.32 Å². The number of hydrogen-bond acceptors (Lipinski definition) is 4. The van der Waals surface area contributed by atoms with E-state index < -0.39 is 10.0 Å². The average molecular weight is 236 g/mol. The Balaban J connectivity index is 2.36. The summed E-state index contributed by atoms with van der Waals surface area (Å²) in [4.78, 5) is 0. The molecule has 1 aliphatic rings. The SMILES string of the molecule is CC(C)OCCS(=O)(=O)N(C)C1CNC1. The molecule has 1 saturated heterocycles. The molecule has 15 heavy (non-hydrogen) atoms. The van der Waals surface area contributed by atoms with Crippen LogP contribution in [0.4, 0.5) is 0 Å². The van der Waals surface area contributed by atoms with Gasteiger partial charge in [-0.2, -0.15) is 4.31 Å². The van der Waals surface area contributed by atoms with Crippen molar-refractivity contribution in [3.05, 3.63) is 0 Å². The largest absolute Gasteiger partial charge is 0.378 e. The minimum Gasteiger partial charge on any atom is -0.378 e. The fraction of sp³-hybridized carbons (Fsp3) is 1.00. The lowest BCUT2D eigenvalue weighted by Crippen LogP contribution is -2.57. The lowest BCUT2D eigenvalue weighted by atomic mass is 10.2. The second-order valence-corrected chi connectivity index (χ2v) is 6.21. The zero-order valence-corrected chi connectivity index (χ0v) is 10.4. The number of nitrogens with one attached hydrogen (secondary N) is 1. The highest BCUT2D eigenvalue weighted by atomic mass is 32.2. The van der Waals surface area contributed by atoms with Gasteiger partial charge in [-0.05, 0) is 13.8 Å². The number of rotatable bonds is 6. The standard InChI is InChI=1S/C9H20N2O3S/c1-8(2)14-4-5-15(12,13)11(3)9-6-10-7-9/h8-10H,4-7H2,1-3H3. The van der Waals surface area contributed by atoms with Crippen molar-refractivity contribution < 1.29 is 13.2 Å². The van der Waals surface area contributed by atoms with Crippen LogP contribution in [-0.4, -0.2) is 57.4 Å². The molecule has 0 saturated carbocycles. The number of sulfonamides is 1. The Kier molecular flexibility index (Phi) is 4.51. The lowest BCUT2D eigenvalue weighted by Gasteiger charge is -2.34. The molecular weight excluding hydrogens is 216 g/mol. The van der Waals surface area contributed by atoms with Gasteiger partial charge in [0.25, 0.3) is 0 Å². The first-order valence-corrected chi connectivity index (χ1v) is 6.82. The van der Waals surface area contributed by atoms with E-state index in [9.17, 15) is 8.42 Å². The zero-order chi connectivity index (χ0) is 11.5. The van der Waals surface area contributed by atoms with Gasteiger partial charge in [-0.1, -0.05) is 0 Å². The molecule has 0 aliphatic carbocycles. The second kappa shape index (κ2) is 5.25. The Labute approximate surface area is 91.8 Å². The molecule has 0 bridgehead atoms. The smallest absolute Gasteiger partial charge is 0.216 e. The summed E-state index contributed by atoms with van der Waals surface area (Å²) >= 11 is 0. The highest BCUT2D eigenvalue weighted by Gasteiger charge is 2.29. The maximum Gasteiger partial charge on any atom is 0.216 e. The summed E-state index contributed by atoms with van der Waals surface area (Å²) in [5, 5.41) is 3.05. The summed E-state index contributed by atoms with van der Waals surface area (Å²) in [6.45, 7) is 5.56. The molecule has 1 N–H and O–H groups in total. The van der Waals surface area contributed by atoms with Crippen molar-refractivity contribution in [1.29, 1.82) is 0 Å². The molecule has 6 heteroatoms. The van der Waals surface area contributed by atoms with Crippen molar-refractivity contribution in [3.63, 3.8) is 0 Å². The van der Waals surface area contributed by atoms with E-state index in [0.29, 0.717) is 0 Å². The van der Waals surface area contributed by atoms with Crippen LogP contribution in [0.25, 0.3) is 0 Å². The maximum absolute atomic E-state index is 11.8. The average Bonchev–Trinajstić information content (AvgIpc) is 1.99. The highest BCUT2D eigenvalue weighted by molar-refractivity contribution is 7.89. The zero-order valence-electron chi connectivity index (χ0n) is 9.56. The number of likely N-dealkylation sites (N-methyl/N-ethyl adjacent to an activating group) is 1. The molecule has 1 heterocycles. The number of hydrogen-bond donors (Lipinski definition) is 1. The van der Waals surface area contributed by atoms with E-state index in [-0.39, 0.29) is 24.5 Å². The third-order valence-corrected chi connectivity index (χ3v) is 4.36. The van der Waals surface area contributed by atoms with E-state index in [1.54, 1.807) is 7.05 Å². The summed E-state index contributed by atoms with van der Waals surface area (Å²) in [5.74, 6) is 0.0676. The molecule has 5 nitrogen and oxygen atoms in total. The van der Waals surface area contributed by atoms with E-state index in [4.69, 9.17) is 4.74 Å². The van der Waals surface area contributed by atoms with Gasteiger partial charge in [0.15, 0.2) is 0 Å². The molecule has 1 aliphatic heterocycles. The molecule has 0 amide bonds. The van der Waals surface area contributed by atoms with Crippen molar-refractivity contribution in [2.45, 2.75) is 26.0 Å². The topological polar surface area (TPSA) is 58.6 Å². The van der Waals surface area contributed by atoms with Gasteiger partial charge in [-0.3, -0.25) is 0 Å². The van der Waals surface area contributed by atoms with E-state index in [1.807, 2.05) is 13.8 Å². The summed E-state index contributed by atoms with van der Waals surface area (Å²) < 4.78 is 30.2. The van der Waals surface area contributed by atoms with Crippen molar-refractivity contribution >= 4 is 10.0 Å². The van der Waals surface area contributed by atoms with Crippen molar-refractivity contribution in [1.82, 2.24) is 9.62 Å². The molecule has 0 radical (unpaired) electrons. The fourth-order valence-corrected chi connectivity index (χ4v) is 2.49. The number of nitrogens with zero attached hydrogens (tertiary/aromatic N) is 1. The normalized spacial score (nSPS) is 18.5. The Morgan fingerprint density at radius 2 is 2.07 bits per heavy atom. The van der Waals surface area contributed by atoms with Crippen molar-refractivity contribution in [2.75, 3.05) is 32.5 Å². The minimum atomic E-state index is -3.15. The summed E-state index contributed by atoms with van der Waals surface area (Å²) in [6, 6.07) is 0.119. The first kappa shape index (κ1) is 12.9. The van der Waals surface area contributed by atoms with Crippen LogP contribution < -0.4 is 5.32 Å². The second-order valence-electron chi connectivity index (χ2n) is 4.06. The third-order valence-electron chi connectivity index (χ3n) is 2.51. The van der Waals surface area contributed by atoms with Gasteiger partial charge in [0.05, 0.1) is 18.5 Å². The summed E-state index contributed by atoms with van der Waals surface area (Å²) in [5.41, 5.74) is 0. The molecular formula is C9H20N2O3S. The van der Waals surface area contributed by atoms with Crippen LogP contribution in [0.2, 0.25) is 0 Å². The Morgan fingerprint density at radius 3 is 2.47 bits per heavy atom. The Morgan fingerprint density at radius 1 is 1.47 bits per heavy atom. The van der Waals surface area contributed by atoms with E-state index >= 15 is 0 Å². The molecule has 1 fully saturated rings. The fourth-order valence-electron chi connectivity index (χ4n) is 1.29. The van der Waals surface area contributed by atoms with Gasteiger partial charge in [0.1, 0.15) is 0 Å². The monoisotopic (exact) mass is 236 g/mol. The quantitative estimate of drug-likeness (QED) is 0.684. The summed E-state index contributed by atoms with van der Waals surface area (Å²) in [6.07, 6.45) is 0.0795. The van der Waals surface area contributed by atoms with Crippen LogP contribution >= 0.6 is 0 Å². The Hall–Kier alpha value is -0.170. The molecule has 0 atom stereocenters.